The maximum absolute atomic E-state index is 11.8. The summed E-state index contributed by atoms with van der Waals surface area (Å²) in [6.45, 7) is 6.17. The van der Waals surface area contributed by atoms with E-state index >= 15 is 0 Å². The zero-order valence-corrected chi connectivity index (χ0v) is 14.4. The molecule has 0 aliphatic rings. The first-order chi connectivity index (χ1) is 9.93. The normalized spacial score (nSPS) is 10.5. The van der Waals surface area contributed by atoms with Crippen LogP contribution in [0.4, 0.5) is 0 Å². The molecule has 2 rings (SSSR count). The van der Waals surface area contributed by atoms with Crippen molar-refractivity contribution in [3.05, 3.63) is 57.1 Å². The average molecular weight is 347 g/mol. The fourth-order valence-corrected chi connectivity index (χ4v) is 3.08. The molecule has 110 valence electrons. The average Bonchev–Trinajstić information content (AvgIpc) is 2.46. The summed E-state index contributed by atoms with van der Waals surface area (Å²) in [5.41, 5.74) is 6.74. The molecule has 0 amide bonds. The van der Waals surface area contributed by atoms with Gasteiger partial charge in [0, 0.05) is 4.47 Å². The first-order valence-corrected chi connectivity index (χ1v) is 7.65. The quantitative estimate of drug-likeness (QED) is 0.749. The fraction of sp³-hybridized carbons (Fsp3) is 0.278. The van der Waals surface area contributed by atoms with Gasteiger partial charge in [-0.2, -0.15) is 0 Å². The van der Waals surface area contributed by atoms with Gasteiger partial charge in [-0.1, -0.05) is 45.8 Å². The summed E-state index contributed by atoms with van der Waals surface area (Å²) < 4.78 is 5.87. The second-order valence-corrected chi connectivity index (χ2v) is 6.13. The summed E-state index contributed by atoms with van der Waals surface area (Å²) >= 11 is 3.57. The lowest BCUT2D eigenvalue weighted by atomic mass is 9.90. The Morgan fingerprint density at radius 3 is 2.33 bits per heavy atom. The van der Waals surface area contributed by atoms with Crippen LogP contribution < -0.4 is 0 Å². The lowest BCUT2D eigenvalue weighted by molar-refractivity contribution is -0.139. The van der Waals surface area contributed by atoms with E-state index in [1.54, 1.807) is 0 Å². The predicted octanol–water partition coefficient (Wildman–Crippen LogP) is 4.76. The zero-order chi connectivity index (χ0) is 15.6. The Morgan fingerprint density at radius 1 is 1.14 bits per heavy atom. The van der Waals surface area contributed by atoms with Gasteiger partial charge in [0.05, 0.1) is 13.5 Å². The second-order valence-electron chi connectivity index (χ2n) is 5.27. The van der Waals surface area contributed by atoms with Crippen LogP contribution in [0.3, 0.4) is 0 Å². The molecule has 0 radical (unpaired) electrons. The minimum absolute atomic E-state index is 0.219. The van der Waals surface area contributed by atoms with E-state index in [1.165, 1.54) is 12.7 Å². The van der Waals surface area contributed by atoms with Crippen LogP contribution in [-0.4, -0.2) is 13.1 Å². The number of rotatable bonds is 3. The van der Waals surface area contributed by atoms with Crippen molar-refractivity contribution in [2.45, 2.75) is 27.2 Å². The van der Waals surface area contributed by atoms with E-state index in [4.69, 9.17) is 4.74 Å². The largest absolute Gasteiger partial charge is 0.469 e. The standard InChI is InChI=1S/C18H19BrO2/c1-11-5-7-14(8-6-11)18-12(2)9-16(19)13(3)15(18)10-17(20)21-4/h5-9H,10H2,1-4H3. The number of ether oxygens (including phenoxy) is 1. The lowest BCUT2D eigenvalue weighted by Crippen LogP contribution is -2.08. The summed E-state index contributed by atoms with van der Waals surface area (Å²) in [5.74, 6) is -0.219. The molecule has 0 atom stereocenters. The topological polar surface area (TPSA) is 26.3 Å². The number of hydrogen-bond donors (Lipinski definition) is 0. The van der Waals surface area contributed by atoms with E-state index in [9.17, 15) is 4.79 Å². The molecule has 2 aromatic rings. The van der Waals surface area contributed by atoms with Gasteiger partial charge in [-0.05, 0) is 54.7 Å². The Balaban J connectivity index is 2.65. The summed E-state index contributed by atoms with van der Waals surface area (Å²) in [6, 6.07) is 10.5. The molecular formula is C18H19BrO2. The number of benzene rings is 2. The van der Waals surface area contributed by atoms with E-state index in [1.807, 2.05) is 6.92 Å². The van der Waals surface area contributed by atoms with E-state index in [0.717, 1.165) is 32.3 Å². The second kappa shape index (κ2) is 6.44. The highest BCUT2D eigenvalue weighted by Crippen LogP contribution is 2.34. The Morgan fingerprint density at radius 2 is 1.76 bits per heavy atom. The van der Waals surface area contributed by atoms with Crippen molar-refractivity contribution in [3.8, 4) is 11.1 Å². The molecule has 0 aliphatic carbocycles. The minimum Gasteiger partial charge on any atom is -0.469 e. The van der Waals surface area contributed by atoms with Gasteiger partial charge >= 0.3 is 5.97 Å². The molecule has 3 heteroatoms. The molecule has 0 aromatic heterocycles. The Labute approximate surface area is 134 Å². The van der Waals surface area contributed by atoms with Gasteiger partial charge in [0.1, 0.15) is 0 Å². The van der Waals surface area contributed by atoms with Gasteiger partial charge in [-0.25, -0.2) is 0 Å². The van der Waals surface area contributed by atoms with Crippen LogP contribution in [-0.2, 0) is 16.0 Å². The van der Waals surface area contributed by atoms with Crippen molar-refractivity contribution in [3.63, 3.8) is 0 Å². The van der Waals surface area contributed by atoms with Crippen LogP contribution in [0.1, 0.15) is 22.3 Å². The third kappa shape index (κ3) is 3.35. The van der Waals surface area contributed by atoms with E-state index in [0.29, 0.717) is 0 Å². The molecule has 0 aliphatic heterocycles. The van der Waals surface area contributed by atoms with Crippen molar-refractivity contribution in [1.29, 1.82) is 0 Å². The lowest BCUT2D eigenvalue weighted by Gasteiger charge is -2.17. The summed E-state index contributed by atoms with van der Waals surface area (Å²) in [6.07, 6.45) is 0.284. The van der Waals surface area contributed by atoms with Gasteiger partial charge in [0.2, 0.25) is 0 Å². The Hall–Kier alpha value is -1.61. The molecule has 0 N–H and O–H groups in total. The zero-order valence-electron chi connectivity index (χ0n) is 12.8. The number of carbonyl (C=O) groups is 1. The summed E-state index contributed by atoms with van der Waals surface area (Å²) in [7, 11) is 1.42. The van der Waals surface area contributed by atoms with Gasteiger partial charge < -0.3 is 4.74 Å². The summed E-state index contributed by atoms with van der Waals surface area (Å²) in [5, 5.41) is 0. The molecule has 0 fully saturated rings. The number of carbonyl (C=O) groups excluding carboxylic acids is 1. The highest BCUT2D eigenvalue weighted by Gasteiger charge is 2.17. The molecule has 2 aromatic carbocycles. The number of aryl methyl sites for hydroxylation is 2. The van der Waals surface area contributed by atoms with Crippen molar-refractivity contribution in [2.75, 3.05) is 7.11 Å². The van der Waals surface area contributed by atoms with Crippen molar-refractivity contribution in [1.82, 2.24) is 0 Å². The maximum atomic E-state index is 11.8. The molecule has 0 saturated carbocycles. The van der Waals surface area contributed by atoms with Crippen molar-refractivity contribution >= 4 is 21.9 Å². The third-order valence-corrected chi connectivity index (χ3v) is 4.56. The molecule has 0 spiro atoms. The van der Waals surface area contributed by atoms with Gasteiger partial charge in [-0.3, -0.25) is 4.79 Å². The minimum atomic E-state index is -0.219. The first kappa shape index (κ1) is 15.8. The molecule has 0 heterocycles. The van der Waals surface area contributed by atoms with Crippen LogP contribution in [0.25, 0.3) is 11.1 Å². The molecule has 0 saturated heterocycles. The highest BCUT2D eigenvalue weighted by atomic mass is 79.9. The van der Waals surface area contributed by atoms with Gasteiger partial charge in [0.25, 0.3) is 0 Å². The molecule has 0 unspecified atom stereocenters. The van der Waals surface area contributed by atoms with Crippen LogP contribution in [0, 0.1) is 20.8 Å². The van der Waals surface area contributed by atoms with E-state index in [-0.39, 0.29) is 12.4 Å². The van der Waals surface area contributed by atoms with Gasteiger partial charge in [-0.15, -0.1) is 0 Å². The van der Waals surface area contributed by atoms with Crippen LogP contribution in [0.5, 0.6) is 0 Å². The van der Waals surface area contributed by atoms with E-state index < -0.39 is 0 Å². The maximum Gasteiger partial charge on any atom is 0.310 e. The van der Waals surface area contributed by atoms with Crippen LogP contribution in [0.2, 0.25) is 0 Å². The third-order valence-electron chi connectivity index (χ3n) is 3.74. The molecule has 21 heavy (non-hydrogen) atoms. The Bertz CT molecular complexity index is 673. The predicted molar refractivity (Wildman–Crippen MR) is 89.5 cm³/mol. The fourth-order valence-electron chi connectivity index (χ4n) is 2.50. The molecule has 2 nitrogen and oxygen atoms in total. The SMILES string of the molecule is COC(=O)Cc1c(C)c(Br)cc(C)c1-c1ccc(C)cc1. The van der Waals surface area contributed by atoms with E-state index in [2.05, 4.69) is 60.1 Å². The molecule has 0 bridgehead atoms. The van der Waals surface area contributed by atoms with Crippen LogP contribution >= 0.6 is 15.9 Å². The monoisotopic (exact) mass is 346 g/mol. The highest BCUT2D eigenvalue weighted by molar-refractivity contribution is 9.10. The smallest absolute Gasteiger partial charge is 0.310 e. The van der Waals surface area contributed by atoms with Crippen molar-refractivity contribution < 1.29 is 9.53 Å². The number of esters is 1. The van der Waals surface area contributed by atoms with Gasteiger partial charge in [0.15, 0.2) is 0 Å². The first-order valence-electron chi connectivity index (χ1n) is 6.86. The number of methoxy groups -OCH3 is 1. The number of hydrogen-bond acceptors (Lipinski definition) is 2. The Kier molecular flexibility index (Phi) is 4.84. The van der Waals surface area contributed by atoms with Crippen LogP contribution in [0.15, 0.2) is 34.8 Å². The van der Waals surface area contributed by atoms with Crippen molar-refractivity contribution in [2.24, 2.45) is 0 Å². The summed E-state index contributed by atoms with van der Waals surface area (Å²) in [4.78, 5) is 11.8. The molecular weight excluding hydrogens is 328 g/mol. The number of halogens is 1.